The Morgan fingerprint density at radius 1 is 1.12 bits per heavy atom. The van der Waals surface area contributed by atoms with Gasteiger partial charge in [-0.2, -0.15) is 4.31 Å². The minimum atomic E-state index is -3.53. The summed E-state index contributed by atoms with van der Waals surface area (Å²) in [7, 11) is -3.53. The normalized spacial score (nSPS) is 15.6. The molecule has 0 atom stereocenters. The van der Waals surface area contributed by atoms with E-state index in [2.05, 4.69) is 22.4 Å². The number of amides is 1. The van der Waals surface area contributed by atoms with E-state index >= 15 is 0 Å². The lowest BCUT2D eigenvalue weighted by molar-refractivity contribution is 0.0917. The molecule has 168 valence electrons. The summed E-state index contributed by atoms with van der Waals surface area (Å²) >= 11 is 0. The molecular formula is C23H26N4O4S. The average Bonchev–Trinajstić information content (AvgIpc) is 3.28. The highest BCUT2D eigenvalue weighted by Gasteiger charge is 2.28. The fourth-order valence-corrected chi connectivity index (χ4v) is 5.13. The summed E-state index contributed by atoms with van der Waals surface area (Å²) in [5, 5.41) is 10.5. The number of nitrogens with zero attached hydrogens (tertiary/aromatic N) is 3. The van der Waals surface area contributed by atoms with E-state index in [4.69, 9.17) is 4.42 Å². The van der Waals surface area contributed by atoms with Crippen LogP contribution in [0.1, 0.15) is 41.6 Å². The van der Waals surface area contributed by atoms with Gasteiger partial charge in [0.15, 0.2) is 0 Å². The van der Waals surface area contributed by atoms with Crippen LogP contribution in [0.3, 0.4) is 0 Å². The Balaban J connectivity index is 1.42. The first-order valence-corrected chi connectivity index (χ1v) is 12.0. The molecule has 1 aliphatic heterocycles. The molecule has 1 N–H and O–H groups in total. The average molecular weight is 455 g/mol. The van der Waals surface area contributed by atoms with Gasteiger partial charge in [0, 0.05) is 25.2 Å². The van der Waals surface area contributed by atoms with Crippen LogP contribution in [0, 0.1) is 12.8 Å². The third kappa shape index (κ3) is 4.89. The Hall–Kier alpha value is -3.04. The molecule has 2 aromatic carbocycles. The van der Waals surface area contributed by atoms with E-state index in [-0.39, 0.29) is 16.7 Å². The van der Waals surface area contributed by atoms with Crippen molar-refractivity contribution in [3.8, 4) is 11.5 Å². The number of aromatic nitrogens is 2. The molecule has 8 nitrogen and oxygen atoms in total. The number of carbonyl (C=O) groups is 1. The lowest BCUT2D eigenvalue weighted by Gasteiger charge is -2.29. The number of sulfonamides is 1. The van der Waals surface area contributed by atoms with E-state index in [0.29, 0.717) is 31.1 Å². The van der Waals surface area contributed by atoms with Gasteiger partial charge in [0.25, 0.3) is 0 Å². The summed E-state index contributed by atoms with van der Waals surface area (Å²) in [6.07, 6.45) is 1.74. The molecule has 2 heterocycles. The highest BCUT2D eigenvalue weighted by molar-refractivity contribution is 7.89. The molecule has 0 spiro atoms. The van der Waals surface area contributed by atoms with Crippen molar-refractivity contribution in [1.29, 1.82) is 0 Å². The summed E-state index contributed by atoms with van der Waals surface area (Å²) in [5.74, 6) is 0.0848. The predicted octanol–water partition coefficient (Wildman–Crippen LogP) is 3.40. The second-order valence-corrected chi connectivity index (χ2v) is 10.1. The highest BCUT2D eigenvalue weighted by atomic mass is 32.2. The topological polar surface area (TPSA) is 105 Å². The summed E-state index contributed by atoms with van der Waals surface area (Å²) < 4.78 is 32.8. The molecule has 1 aromatic heterocycles. The van der Waals surface area contributed by atoms with Gasteiger partial charge in [0.1, 0.15) is 0 Å². The molecule has 3 aromatic rings. The van der Waals surface area contributed by atoms with Crippen LogP contribution < -0.4 is 5.32 Å². The summed E-state index contributed by atoms with van der Waals surface area (Å²) in [6, 6.07) is 14.1. The van der Waals surface area contributed by atoms with Crippen LogP contribution in [0.15, 0.2) is 57.8 Å². The van der Waals surface area contributed by atoms with E-state index in [0.717, 1.165) is 24.0 Å². The Kier molecular flexibility index (Phi) is 6.38. The van der Waals surface area contributed by atoms with E-state index in [9.17, 15) is 13.2 Å². The van der Waals surface area contributed by atoms with Crippen LogP contribution >= 0.6 is 0 Å². The van der Waals surface area contributed by atoms with Crippen LogP contribution in [0.2, 0.25) is 0 Å². The van der Waals surface area contributed by atoms with Gasteiger partial charge >= 0.3 is 11.8 Å². The van der Waals surface area contributed by atoms with Gasteiger partial charge in [-0.1, -0.05) is 36.8 Å². The van der Waals surface area contributed by atoms with Crippen molar-refractivity contribution in [3.05, 3.63) is 65.5 Å². The Labute approximate surface area is 187 Å². The highest BCUT2D eigenvalue weighted by Crippen LogP contribution is 2.25. The van der Waals surface area contributed by atoms with Gasteiger partial charge in [-0.15, -0.1) is 10.2 Å². The molecule has 0 saturated carbocycles. The van der Waals surface area contributed by atoms with Gasteiger partial charge in [0.2, 0.25) is 15.9 Å². The fourth-order valence-electron chi connectivity index (χ4n) is 3.66. The van der Waals surface area contributed by atoms with E-state index in [1.165, 1.54) is 16.4 Å². The molecular weight excluding hydrogens is 428 g/mol. The molecule has 0 aliphatic carbocycles. The zero-order valence-electron chi connectivity index (χ0n) is 18.1. The minimum Gasteiger partial charge on any atom is -0.412 e. The van der Waals surface area contributed by atoms with Gasteiger partial charge in [-0.3, -0.25) is 4.79 Å². The molecule has 1 fully saturated rings. The van der Waals surface area contributed by atoms with Crippen molar-refractivity contribution in [1.82, 2.24) is 19.8 Å². The molecule has 0 unspecified atom stereocenters. The Morgan fingerprint density at radius 3 is 2.53 bits per heavy atom. The van der Waals surface area contributed by atoms with Crippen molar-refractivity contribution in [2.75, 3.05) is 13.1 Å². The zero-order chi connectivity index (χ0) is 22.7. The summed E-state index contributed by atoms with van der Waals surface area (Å²) in [5.41, 5.74) is 2.62. The number of piperidine rings is 1. The fraction of sp³-hybridized carbons (Fsp3) is 0.348. The molecule has 0 radical (unpaired) electrons. The van der Waals surface area contributed by atoms with Gasteiger partial charge in [0.05, 0.1) is 4.90 Å². The van der Waals surface area contributed by atoms with Crippen molar-refractivity contribution < 1.29 is 17.6 Å². The van der Waals surface area contributed by atoms with Crippen LogP contribution in [-0.2, 0) is 16.6 Å². The van der Waals surface area contributed by atoms with Crippen LogP contribution in [0.4, 0.5) is 0 Å². The first-order chi connectivity index (χ1) is 15.3. The van der Waals surface area contributed by atoms with E-state index in [1.54, 1.807) is 12.1 Å². The molecule has 32 heavy (non-hydrogen) atoms. The first-order valence-electron chi connectivity index (χ1n) is 10.6. The number of aryl methyl sites for hydroxylation is 1. The lowest BCUT2D eigenvalue weighted by Crippen LogP contribution is -2.37. The summed E-state index contributed by atoms with van der Waals surface area (Å²) in [4.78, 5) is 12.6. The number of hydrogen-bond acceptors (Lipinski definition) is 6. The SMILES string of the molecule is Cc1cccc(CNC(=O)c2nnc(-c3ccc(S(=O)(=O)N4CCC(C)CC4)cc3)o2)c1. The molecule has 0 bridgehead atoms. The maximum absolute atomic E-state index is 12.9. The number of rotatable bonds is 6. The number of nitrogens with one attached hydrogen (secondary N) is 1. The molecule has 1 saturated heterocycles. The quantitative estimate of drug-likeness (QED) is 0.612. The van der Waals surface area contributed by atoms with Crippen molar-refractivity contribution in [2.24, 2.45) is 5.92 Å². The molecule has 9 heteroatoms. The second kappa shape index (κ2) is 9.22. The maximum atomic E-state index is 12.9. The number of hydrogen-bond donors (Lipinski definition) is 1. The largest absolute Gasteiger partial charge is 0.412 e. The Bertz CT molecular complexity index is 1200. The van der Waals surface area contributed by atoms with Crippen molar-refractivity contribution in [2.45, 2.75) is 38.1 Å². The third-order valence-corrected chi connectivity index (χ3v) is 7.55. The molecule has 4 rings (SSSR count). The van der Waals surface area contributed by atoms with E-state index < -0.39 is 15.9 Å². The van der Waals surface area contributed by atoms with Gasteiger partial charge < -0.3 is 9.73 Å². The van der Waals surface area contributed by atoms with Gasteiger partial charge in [-0.05, 0) is 55.5 Å². The minimum absolute atomic E-state index is 0.146. The standard InChI is InChI=1S/C23H26N4O4S/c1-16-10-12-27(13-11-16)32(29,30)20-8-6-19(7-9-20)22-25-26-23(31-22)21(28)24-15-18-5-3-4-17(2)14-18/h3-9,14,16H,10-13,15H2,1-2H3,(H,24,28). The smallest absolute Gasteiger partial charge is 0.309 e. The predicted molar refractivity (Wildman–Crippen MR) is 119 cm³/mol. The lowest BCUT2D eigenvalue weighted by atomic mass is 10.0. The monoisotopic (exact) mass is 454 g/mol. The Morgan fingerprint density at radius 2 is 1.84 bits per heavy atom. The number of benzene rings is 2. The van der Waals surface area contributed by atoms with Crippen molar-refractivity contribution >= 4 is 15.9 Å². The molecule has 1 amide bonds. The van der Waals surface area contributed by atoms with E-state index in [1.807, 2.05) is 31.2 Å². The van der Waals surface area contributed by atoms with Gasteiger partial charge in [-0.25, -0.2) is 8.42 Å². The number of carbonyl (C=O) groups excluding carboxylic acids is 1. The third-order valence-electron chi connectivity index (χ3n) is 5.64. The first kappa shape index (κ1) is 22.2. The van der Waals surface area contributed by atoms with Crippen LogP contribution in [0.5, 0.6) is 0 Å². The summed E-state index contributed by atoms with van der Waals surface area (Å²) in [6.45, 7) is 5.55. The van der Waals surface area contributed by atoms with Crippen LogP contribution in [-0.4, -0.2) is 41.9 Å². The van der Waals surface area contributed by atoms with Crippen molar-refractivity contribution in [3.63, 3.8) is 0 Å². The zero-order valence-corrected chi connectivity index (χ0v) is 18.9. The maximum Gasteiger partial charge on any atom is 0.309 e. The second-order valence-electron chi connectivity index (χ2n) is 8.20. The molecule has 1 aliphatic rings. The van der Waals surface area contributed by atoms with Crippen LogP contribution in [0.25, 0.3) is 11.5 Å².